The van der Waals surface area contributed by atoms with Gasteiger partial charge in [-0.2, -0.15) is 4.98 Å². The predicted octanol–water partition coefficient (Wildman–Crippen LogP) is 2.69. The molecule has 0 atom stereocenters. The number of nitrogens with one attached hydrogen (secondary N) is 1. The molecule has 0 saturated heterocycles. The van der Waals surface area contributed by atoms with E-state index in [9.17, 15) is 18.5 Å². The molecule has 0 aliphatic rings. The lowest BCUT2D eigenvalue weighted by Gasteiger charge is -2.05. The van der Waals surface area contributed by atoms with Gasteiger partial charge in [0.05, 0.1) is 11.5 Å². The highest BCUT2D eigenvalue weighted by Crippen LogP contribution is 2.24. The van der Waals surface area contributed by atoms with E-state index in [1.165, 1.54) is 23.1 Å². The Labute approximate surface area is 153 Å². The van der Waals surface area contributed by atoms with E-state index >= 15 is 0 Å². The van der Waals surface area contributed by atoms with Crippen LogP contribution in [0.2, 0.25) is 5.02 Å². The molecule has 134 valence electrons. The molecule has 2 aromatic carbocycles. The Morgan fingerprint density at radius 3 is 2.69 bits per heavy atom. The van der Waals surface area contributed by atoms with Gasteiger partial charge in [-0.15, -0.1) is 5.10 Å². The van der Waals surface area contributed by atoms with Crippen molar-refractivity contribution in [1.82, 2.24) is 14.8 Å². The maximum absolute atomic E-state index is 12.4. The van der Waals surface area contributed by atoms with Gasteiger partial charge in [0.25, 0.3) is 21.7 Å². The van der Waals surface area contributed by atoms with Crippen LogP contribution < -0.4 is 4.72 Å². The van der Waals surface area contributed by atoms with Crippen LogP contribution in [-0.2, 0) is 16.6 Å². The van der Waals surface area contributed by atoms with Gasteiger partial charge < -0.3 is 0 Å². The van der Waals surface area contributed by atoms with Gasteiger partial charge in [0.1, 0.15) is 6.33 Å². The lowest BCUT2D eigenvalue weighted by atomic mass is 10.2. The monoisotopic (exact) mass is 393 g/mol. The topological polar surface area (TPSA) is 120 Å². The smallest absolute Gasteiger partial charge is 0.258 e. The van der Waals surface area contributed by atoms with Crippen LogP contribution in [-0.4, -0.2) is 28.1 Å². The van der Waals surface area contributed by atoms with Crippen LogP contribution >= 0.6 is 11.6 Å². The maximum Gasteiger partial charge on any atom is 0.289 e. The van der Waals surface area contributed by atoms with Gasteiger partial charge in [0.15, 0.2) is 4.90 Å². The summed E-state index contributed by atoms with van der Waals surface area (Å²) in [6.45, 7) is 0.334. The number of anilines is 1. The van der Waals surface area contributed by atoms with Gasteiger partial charge in [0, 0.05) is 11.1 Å². The average molecular weight is 394 g/mol. The molecule has 1 heterocycles. The second-order valence-corrected chi connectivity index (χ2v) is 7.31. The second-order valence-electron chi connectivity index (χ2n) is 5.23. The summed E-state index contributed by atoms with van der Waals surface area (Å²) in [6.07, 6.45) is 1.35. The van der Waals surface area contributed by atoms with Gasteiger partial charge in [-0.25, -0.2) is 17.8 Å². The zero-order chi connectivity index (χ0) is 18.7. The van der Waals surface area contributed by atoms with Crippen molar-refractivity contribution in [2.45, 2.75) is 11.4 Å². The second kappa shape index (κ2) is 7.10. The normalized spacial score (nSPS) is 11.3. The van der Waals surface area contributed by atoms with Crippen molar-refractivity contribution in [1.29, 1.82) is 0 Å². The van der Waals surface area contributed by atoms with Crippen LogP contribution in [0.15, 0.2) is 59.8 Å². The number of para-hydroxylation sites is 1. The first kappa shape index (κ1) is 17.8. The number of hydrogen-bond donors (Lipinski definition) is 1. The Kier molecular flexibility index (Phi) is 4.87. The molecule has 1 N–H and O–H groups in total. The van der Waals surface area contributed by atoms with Crippen LogP contribution in [0.25, 0.3) is 0 Å². The first-order valence-corrected chi connectivity index (χ1v) is 9.11. The molecule has 11 heteroatoms. The van der Waals surface area contributed by atoms with E-state index in [4.69, 9.17) is 11.6 Å². The number of aromatic nitrogens is 3. The third-order valence-corrected chi connectivity index (χ3v) is 4.96. The Morgan fingerprint density at radius 1 is 1.19 bits per heavy atom. The van der Waals surface area contributed by atoms with Gasteiger partial charge in [0.2, 0.25) is 0 Å². The molecule has 0 unspecified atom stereocenters. The summed E-state index contributed by atoms with van der Waals surface area (Å²) in [5.74, 6) is -0.190. The quantitative estimate of drug-likeness (QED) is 0.507. The minimum Gasteiger partial charge on any atom is -0.258 e. The first-order valence-electron chi connectivity index (χ1n) is 7.25. The van der Waals surface area contributed by atoms with Gasteiger partial charge in [-0.1, -0.05) is 35.9 Å². The van der Waals surface area contributed by atoms with Crippen molar-refractivity contribution in [2.24, 2.45) is 0 Å². The molecule has 0 aliphatic heterocycles. The minimum atomic E-state index is -4.21. The SMILES string of the molecule is O=[N+]([O-])c1ccccc1S(=O)(=O)Nc1ncn(Cc2cccc(Cl)c2)n1. The molecule has 3 aromatic rings. The summed E-state index contributed by atoms with van der Waals surface area (Å²) in [6, 6.07) is 12.1. The zero-order valence-electron chi connectivity index (χ0n) is 13.1. The highest BCUT2D eigenvalue weighted by atomic mass is 35.5. The van der Waals surface area contributed by atoms with Gasteiger partial charge >= 0.3 is 0 Å². The lowest BCUT2D eigenvalue weighted by Crippen LogP contribution is -2.16. The number of nitro groups is 1. The third kappa shape index (κ3) is 3.98. The molecule has 3 rings (SSSR count). The Bertz CT molecular complexity index is 1070. The fourth-order valence-corrected chi connectivity index (χ4v) is 3.58. The van der Waals surface area contributed by atoms with E-state index in [0.717, 1.165) is 17.7 Å². The van der Waals surface area contributed by atoms with Crippen molar-refractivity contribution in [2.75, 3.05) is 4.72 Å². The Morgan fingerprint density at radius 2 is 1.96 bits per heavy atom. The lowest BCUT2D eigenvalue weighted by molar-refractivity contribution is -0.387. The summed E-state index contributed by atoms with van der Waals surface area (Å²) >= 11 is 5.92. The van der Waals surface area contributed by atoms with E-state index in [1.54, 1.807) is 18.2 Å². The Balaban J connectivity index is 1.81. The molecular weight excluding hydrogens is 382 g/mol. The van der Waals surface area contributed by atoms with Crippen molar-refractivity contribution >= 4 is 33.3 Å². The van der Waals surface area contributed by atoms with E-state index in [-0.39, 0.29) is 5.95 Å². The van der Waals surface area contributed by atoms with Gasteiger partial charge in [-0.05, 0) is 23.8 Å². The Hall–Kier alpha value is -2.98. The molecule has 0 radical (unpaired) electrons. The highest BCUT2D eigenvalue weighted by Gasteiger charge is 2.26. The van der Waals surface area contributed by atoms with Crippen LogP contribution in [0.5, 0.6) is 0 Å². The number of halogens is 1. The molecule has 0 aliphatic carbocycles. The van der Waals surface area contributed by atoms with E-state index in [0.29, 0.717) is 11.6 Å². The third-order valence-electron chi connectivity index (χ3n) is 3.35. The summed E-state index contributed by atoms with van der Waals surface area (Å²) in [7, 11) is -4.21. The molecule has 9 nitrogen and oxygen atoms in total. The molecule has 26 heavy (non-hydrogen) atoms. The van der Waals surface area contributed by atoms with E-state index in [2.05, 4.69) is 14.8 Å². The van der Waals surface area contributed by atoms with Crippen LogP contribution in [0.1, 0.15) is 5.56 Å². The summed E-state index contributed by atoms with van der Waals surface area (Å²) in [5.41, 5.74) is 0.328. The van der Waals surface area contributed by atoms with Crippen molar-refractivity contribution < 1.29 is 13.3 Å². The maximum atomic E-state index is 12.4. The molecule has 0 spiro atoms. The molecule has 0 fully saturated rings. The number of rotatable bonds is 6. The fraction of sp³-hybridized carbons (Fsp3) is 0.0667. The van der Waals surface area contributed by atoms with Crippen LogP contribution in [0.3, 0.4) is 0 Å². The first-order chi connectivity index (χ1) is 12.3. The summed E-state index contributed by atoms with van der Waals surface area (Å²) in [4.78, 5) is 13.7. The van der Waals surface area contributed by atoms with Crippen molar-refractivity contribution in [3.8, 4) is 0 Å². The number of benzene rings is 2. The number of nitrogens with zero attached hydrogens (tertiary/aromatic N) is 4. The summed E-state index contributed by atoms with van der Waals surface area (Å²) < 4.78 is 28.4. The molecule has 1 aromatic heterocycles. The number of sulfonamides is 1. The van der Waals surface area contributed by atoms with Crippen molar-refractivity contribution in [3.05, 3.63) is 75.6 Å². The average Bonchev–Trinajstić information content (AvgIpc) is 3.01. The molecule has 0 amide bonds. The van der Waals surface area contributed by atoms with Gasteiger partial charge in [-0.3, -0.25) is 10.1 Å². The van der Waals surface area contributed by atoms with Crippen molar-refractivity contribution in [3.63, 3.8) is 0 Å². The summed E-state index contributed by atoms with van der Waals surface area (Å²) in [5, 5.41) is 15.6. The largest absolute Gasteiger partial charge is 0.289 e. The van der Waals surface area contributed by atoms with E-state index in [1.807, 2.05) is 6.07 Å². The highest BCUT2D eigenvalue weighted by molar-refractivity contribution is 7.92. The molecule has 0 bridgehead atoms. The number of nitro benzene ring substituents is 1. The number of hydrogen-bond acceptors (Lipinski definition) is 6. The van der Waals surface area contributed by atoms with Crippen LogP contribution in [0.4, 0.5) is 11.6 Å². The van der Waals surface area contributed by atoms with Crippen LogP contribution in [0, 0.1) is 10.1 Å². The molecular formula is C15H12ClN5O4S. The molecule has 0 saturated carbocycles. The predicted molar refractivity (Wildman–Crippen MR) is 94.5 cm³/mol. The minimum absolute atomic E-state index is 0.190. The van der Waals surface area contributed by atoms with E-state index < -0.39 is 25.5 Å². The standard InChI is InChI=1S/C15H12ClN5O4S/c16-12-5-3-4-11(8-12)9-20-10-17-15(18-20)19-26(24,25)14-7-2-1-6-13(14)21(22)23/h1-8,10H,9H2,(H,18,19). The fourth-order valence-electron chi connectivity index (χ4n) is 2.25. The zero-order valence-corrected chi connectivity index (χ0v) is 14.7.